The van der Waals surface area contributed by atoms with Gasteiger partial charge in [0, 0.05) is 0 Å². The van der Waals surface area contributed by atoms with Crippen LogP contribution in [0.1, 0.15) is 69.4 Å². The number of benzene rings is 1. The first-order valence-electron chi connectivity index (χ1n) is 8.87. The van der Waals surface area contributed by atoms with Crippen LogP contribution in [0.3, 0.4) is 0 Å². The van der Waals surface area contributed by atoms with Gasteiger partial charge in [0.15, 0.2) is 0 Å². The monoisotopic (exact) mass is 301 g/mol. The largest absolute Gasteiger partial charge is 0.394 e. The second-order valence-electron chi connectivity index (χ2n) is 6.78. The lowest BCUT2D eigenvalue weighted by Gasteiger charge is -2.16. The number of aryl methyl sites for hydroxylation is 1. The maximum absolute atomic E-state index is 9.34. The maximum atomic E-state index is 9.34. The first kappa shape index (κ1) is 17.2. The molecule has 0 saturated heterocycles. The Kier molecular flexibility index (Phi) is 6.66. The molecule has 0 saturated carbocycles. The lowest BCUT2D eigenvalue weighted by molar-refractivity contribution is 0.226. The molecule has 3 N–H and O–H groups in total. The maximum Gasteiger partial charge on any atom is 0.0647 e. The predicted octanol–water partition coefficient (Wildman–Crippen LogP) is 4.46. The Balaban J connectivity index is 1.80. The number of hydrogen-bond acceptors (Lipinski definition) is 2. The molecule has 2 rings (SSSR count). The molecule has 0 aromatic heterocycles. The molecule has 1 aliphatic carbocycles. The molecular weight excluding hydrogens is 270 g/mol. The highest BCUT2D eigenvalue weighted by molar-refractivity contribution is 5.69. The van der Waals surface area contributed by atoms with Gasteiger partial charge in [-0.15, -0.1) is 0 Å². The van der Waals surface area contributed by atoms with E-state index in [1.807, 2.05) is 0 Å². The smallest absolute Gasteiger partial charge is 0.0647 e. The Labute approximate surface area is 135 Å². The molecule has 122 valence electrons. The van der Waals surface area contributed by atoms with Crippen LogP contribution < -0.4 is 5.73 Å². The van der Waals surface area contributed by atoms with Gasteiger partial charge in [0.1, 0.15) is 0 Å². The normalized spacial score (nSPS) is 21.1. The average molecular weight is 301 g/mol. The number of aliphatic hydroxyl groups is 1. The SMILES string of the molecule is CCCCCCCCc1ccc(C2=CC(N)(CO)CC2)cc1. The number of unbranched alkanes of at least 4 members (excludes halogenated alkanes) is 5. The first-order chi connectivity index (χ1) is 10.7. The number of aliphatic hydroxyl groups excluding tert-OH is 1. The Bertz CT molecular complexity index is 477. The van der Waals surface area contributed by atoms with Gasteiger partial charge in [-0.1, -0.05) is 69.4 Å². The van der Waals surface area contributed by atoms with E-state index in [1.165, 1.54) is 61.6 Å². The Hall–Kier alpha value is -1.12. The van der Waals surface area contributed by atoms with Crippen LogP contribution in [0, 0.1) is 0 Å². The van der Waals surface area contributed by atoms with Crippen molar-refractivity contribution < 1.29 is 5.11 Å². The van der Waals surface area contributed by atoms with Crippen LogP contribution in [0.25, 0.3) is 5.57 Å². The second-order valence-corrected chi connectivity index (χ2v) is 6.78. The highest BCUT2D eigenvalue weighted by atomic mass is 16.3. The third-order valence-corrected chi connectivity index (χ3v) is 4.76. The number of rotatable bonds is 9. The molecule has 1 aromatic carbocycles. The van der Waals surface area contributed by atoms with Gasteiger partial charge < -0.3 is 10.8 Å². The summed E-state index contributed by atoms with van der Waals surface area (Å²) in [4.78, 5) is 0. The third-order valence-electron chi connectivity index (χ3n) is 4.76. The van der Waals surface area contributed by atoms with E-state index in [1.54, 1.807) is 0 Å². The standard InChI is InChI=1S/C20H31NO/c1-2-3-4-5-6-7-8-17-9-11-18(12-10-17)19-13-14-20(21,15-19)16-22/h9-12,15,22H,2-8,13-14,16,21H2,1H3. The van der Waals surface area contributed by atoms with Gasteiger partial charge in [-0.3, -0.25) is 0 Å². The van der Waals surface area contributed by atoms with Gasteiger partial charge in [-0.25, -0.2) is 0 Å². The molecule has 1 aromatic rings. The summed E-state index contributed by atoms with van der Waals surface area (Å²) < 4.78 is 0. The van der Waals surface area contributed by atoms with Crippen molar-refractivity contribution in [3.8, 4) is 0 Å². The van der Waals surface area contributed by atoms with Crippen molar-refractivity contribution in [2.45, 2.75) is 70.3 Å². The van der Waals surface area contributed by atoms with E-state index in [4.69, 9.17) is 5.73 Å². The fraction of sp³-hybridized carbons (Fsp3) is 0.600. The zero-order valence-corrected chi connectivity index (χ0v) is 14.0. The van der Waals surface area contributed by atoms with Crippen LogP contribution in [0.4, 0.5) is 0 Å². The Morgan fingerprint density at radius 2 is 1.73 bits per heavy atom. The summed E-state index contributed by atoms with van der Waals surface area (Å²) in [7, 11) is 0. The minimum absolute atomic E-state index is 0.0343. The fourth-order valence-corrected chi connectivity index (χ4v) is 3.21. The quantitative estimate of drug-likeness (QED) is 0.662. The third kappa shape index (κ3) is 4.96. The lowest BCUT2D eigenvalue weighted by atomic mass is 10.0. The van der Waals surface area contributed by atoms with Crippen LogP contribution in [0.5, 0.6) is 0 Å². The molecule has 0 amide bonds. The van der Waals surface area contributed by atoms with Gasteiger partial charge in [-0.2, -0.15) is 0 Å². The summed E-state index contributed by atoms with van der Waals surface area (Å²) in [5, 5.41) is 9.34. The van der Waals surface area contributed by atoms with Crippen LogP contribution >= 0.6 is 0 Å². The molecule has 0 bridgehead atoms. The molecule has 2 nitrogen and oxygen atoms in total. The average Bonchev–Trinajstić information content (AvgIpc) is 2.94. The van der Waals surface area contributed by atoms with Crippen molar-refractivity contribution in [2.24, 2.45) is 5.73 Å². The lowest BCUT2D eigenvalue weighted by Crippen LogP contribution is -2.39. The molecule has 0 radical (unpaired) electrons. The van der Waals surface area contributed by atoms with Gasteiger partial charge >= 0.3 is 0 Å². The Morgan fingerprint density at radius 3 is 2.36 bits per heavy atom. The highest BCUT2D eigenvalue weighted by Gasteiger charge is 2.28. The molecule has 22 heavy (non-hydrogen) atoms. The summed E-state index contributed by atoms with van der Waals surface area (Å²) in [6.45, 7) is 2.29. The van der Waals surface area contributed by atoms with E-state index in [-0.39, 0.29) is 6.61 Å². The van der Waals surface area contributed by atoms with E-state index in [0.29, 0.717) is 0 Å². The van der Waals surface area contributed by atoms with Crippen molar-refractivity contribution in [1.82, 2.24) is 0 Å². The van der Waals surface area contributed by atoms with Crippen molar-refractivity contribution in [1.29, 1.82) is 0 Å². The Morgan fingerprint density at radius 1 is 1.05 bits per heavy atom. The minimum Gasteiger partial charge on any atom is -0.394 e. The molecule has 0 aliphatic heterocycles. The van der Waals surface area contributed by atoms with Crippen molar-refractivity contribution in [3.63, 3.8) is 0 Å². The van der Waals surface area contributed by atoms with Crippen LogP contribution in [0.15, 0.2) is 30.3 Å². The van der Waals surface area contributed by atoms with E-state index < -0.39 is 5.54 Å². The summed E-state index contributed by atoms with van der Waals surface area (Å²) in [5.74, 6) is 0. The second kappa shape index (κ2) is 8.50. The number of allylic oxidation sites excluding steroid dienone is 1. The zero-order valence-electron chi connectivity index (χ0n) is 14.0. The van der Waals surface area contributed by atoms with E-state index in [2.05, 4.69) is 37.3 Å². The van der Waals surface area contributed by atoms with E-state index in [9.17, 15) is 5.11 Å². The molecule has 2 heteroatoms. The van der Waals surface area contributed by atoms with Crippen molar-refractivity contribution in [2.75, 3.05) is 6.61 Å². The molecule has 0 fully saturated rings. The van der Waals surface area contributed by atoms with Crippen molar-refractivity contribution >= 4 is 5.57 Å². The van der Waals surface area contributed by atoms with E-state index in [0.717, 1.165) is 12.8 Å². The highest BCUT2D eigenvalue weighted by Crippen LogP contribution is 2.32. The van der Waals surface area contributed by atoms with Crippen molar-refractivity contribution in [3.05, 3.63) is 41.5 Å². The fourth-order valence-electron chi connectivity index (χ4n) is 3.21. The van der Waals surface area contributed by atoms with Gasteiger partial charge in [0.25, 0.3) is 0 Å². The summed E-state index contributed by atoms with van der Waals surface area (Å²) >= 11 is 0. The van der Waals surface area contributed by atoms with Gasteiger partial charge in [0.2, 0.25) is 0 Å². The van der Waals surface area contributed by atoms with Crippen LogP contribution in [-0.2, 0) is 6.42 Å². The molecule has 0 heterocycles. The predicted molar refractivity (Wildman–Crippen MR) is 94.7 cm³/mol. The van der Waals surface area contributed by atoms with Gasteiger partial charge in [-0.05, 0) is 42.4 Å². The van der Waals surface area contributed by atoms with Crippen LogP contribution in [-0.4, -0.2) is 17.3 Å². The number of hydrogen-bond donors (Lipinski definition) is 2. The zero-order chi connectivity index (χ0) is 15.8. The minimum atomic E-state index is -0.507. The molecule has 0 spiro atoms. The molecule has 1 unspecified atom stereocenters. The molecular formula is C20H31NO. The molecule has 1 aliphatic rings. The molecule has 1 atom stereocenters. The number of nitrogens with two attached hydrogens (primary N) is 1. The van der Waals surface area contributed by atoms with Crippen LogP contribution in [0.2, 0.25) is 0 Å². The summed E-state index contributed by atoms with van der Waals surface area (Å²) in [6, 6.07) is 8.91. The van der Waals surface area contributed by atoms with E-state index >= 15 is 0 Å². The first-order valence-corrected chi connectivity index (χ1v) is 8.87. The summed E-state index contributed by atoms with van der Waals surface area (Å²) in [5.41, 5.74) is 9.56. The van der Waals surface area contributed by atoms with Gasteiger partial charge in [0.05, 0.1) is 12.1 Å². The topological polar surface area (TPSA) is 46.2 Å². The summed E-state index contributed by atoms with van der Waals surface area (Å²) in [6.07, 6.45) is 13.1.